The lowest BCUT2D eigenvalue weighted by Crippen LogP contribution is -2.13. The predicted octanol–water partition coefficient (Wildman–Crippen LogP) is 2.06. The van der Waals surface area contributed by atoms with Crippen molar-refractivity contribution in [1.29, 1.82) is 0 Å². The topological polar surface area (TPSA) is 109 Å². The molecule has 1 aliphatic rings. The van der Waals surface area contributed by atoms with Crippen LogP contribution < -0.4 is 4.74 Å². The molecular formula is C17H18N8O2. The van der Waals surface area contributed by atoms with E-state index in [-0.39, 0.29) is 0 Å². The van der Waals surface area contributed by atoms with E-state index in [0.717, 1.165) is 24.1 Å². The molecular weight excluding hydrogens is 348 g/mol. The summed E-state index contributed by atoms with van der Waals surface area (Å²) >= 11 is 0. The van der Waals surface area contributed by atoms with E-state index in [2.05, 4.69) is 30.8 Å². The van der Waals surface area contributed by atoms with E-state index in [1.165, 1.54) is 6.42 Å². The fraction of sp³-hybridized carbons (Fsp3) is 0.412. The smallest absolute Gasteiger partial charge is 0.235 e. The second-order valence-electron chi connectivity index (χ2n) is 6.82. The van der Waals surface area contributed by atoms with E-state index < -0.39 is 0 Å². The maximum atomic E-state index is 6.02. The number of ether oxygens (including phenoxy) is 1. The van der Waals surface area contributed by atoms with E-state index in [9.17, 15) is 0 Å². The lowest BCUT2D eigenvalue weighted by Gasteiger charge is -2.26. The molecule has 10 nitrogen and oxygen atoms in total. The Kier molecular flexibility index (Phi) is 3.62. The van der Waals surface area contributed by atoms with Crippen LogP contribution in [0.15, 0.2) is 22.9 Å². The van der Waals surface area contributed by atoms with Gasteiger partial charge >= 0.3 is 0 Å². The maximum absolute atomic E-state index is 6.02. The molecule has 0 bridgehead atoms. The van der Waals surface area contributed by atoms with Crippen LogP contribution in [-0.2, 0) is 13.7 Å². The zero-order chi connectivity index (χ0) is 18.4. The molecule has 1 aliphatic carbocycles. The van der Waals surface area contributed by atoms with Crippen LogP contribution >= 0.6 is 0 Å². The van der Waals surface area contributed by atoms with Crippen LogP contribution in [0.3, 0.4) is 0 Å². The first-order valence-corrected chi connectivity index (χ1v) is 8.85. The Labute approximate surface area is 154 Å². The van der Waals surface area contributed by atoms with Gasteiger partial charge in [-0.15, -0.1) is 20.4 Å². The Balaban J connectivity index is 1.55. The van der Waals surface area contributed by atoms with Crippen molar-refractivity contribution in [2.45, 2.75) is 38.7 Å². The van der Waals surface area contributed by atoms with Gasteiger partial charge in [0.25, 0.3) is 0 Å². The molecule has 0 N–H and O–H groups in total. The summed E-state index contributed by atoms with van der Waals surface area (Å²) in [6, 6.07) is 3.81. The number of hydrogen-bond acceptors (Lipinski definition) is 8. The van der Waals surface area contributed by atoms with Gasteiger partial charge in [-0.25, -0.2) is 0 Å². The summed E-state index contributed by atoms with van der Waals surface area (Å²) in [6.45, 7) is 2.13. The number of nitrogens with zero attached hydrogens (tertiary/aromatic N) is 8. The zero-order valence-electron chi connectivity index (χ0n) is 15.0. The van der Waals surface area contributed by atoms with E-state index in [1.807, 2.05) is 26.2 Å². The SMILES string of the molecule is Cc1cc(-c2nnc3cc(C4CCC4)c(OCc4cn(C)nn4)nn23)no1. The van der Waals surface area contributed by atoms with Crippen molar-refractivity contribution >= 4 is 5.65 Å². The highest BCUT2D eigenvalue weighted by Gasteiger charge is 2.26. The van der Waals surface area contributed by atoms with Gasteiger partial charge in [0.1, 0.15) is 18.1 Å². The summed E-state index contributed by atoms with van der Waals surface area (Å²) in [5, 5.41) is 25.2. The van der Waals surface area contributed by atoms with Crippen molar-refractivity contribution in [3.63, 3.8) is 0 Å². The molecule has 0 unspecified atom stereocenters. The van der Waals surface area contributed by atoms with Crippen molar-refractivity contribution in [3.8, 4) is 17.4 Å². The standard InChI is InChI=1S/C17H18N8O2/c1-10-6-14(22-27-10)16-20-19-15-7-13(11-4-3-5-11)17(21-25(15)16)26-9-12-8-24(2)23-18-12/h6-8,11H,3-5,9H2,1-2H3. The average molecular weight is 366 g/mol. The molecule has 0 spiro atoms. The van der Waals surface area contributed by atoms with Gasteiger partial charge in [0, 0.05) is 18.7 Å². The average Bonchev–Trinajstić information content (AvgIpc) is 3.31. The molecule has 10 heteroatoms. The molecule has 5 rings (SSSR count). The van der Waals surface area contributed by atoms with Gasteiger partial charge in [-0.05, 0) is 31.7 Å². The van der Waals surface area contributed by atoms with Crippen molar-refractivity contribution in [2.24, 2.45) is 7.05 Å². The van der Waals surface area contributed by atoms with Crippen molar-refractivity contribution in [2.75, 3.05) is 0 Å². The molecule has 138 valence electrons. The van der Waals surface area contributed by atoms with Crippen LogP contribution in [0, 0.1) is 6.92 Å². The number of aromatic nitrogens is 8. The second kappa shape index (κ2) is 6.15. The maximum Gasteiger partial charge on any atom is 0.235 e. The quantitative estimate of drug-likeness (QED) is 0.528. The largest absolute Gasteiger partial charge is 0.470 e. The predicted molar refractivity (Wildman–Crippen MR) is 92.9 cm³/mol. The molecule has 4 aromatic rings. The lowest BCUT2D eigenvalue weighted by atomic mass is 9.80. The summed E-state index contributed by atoms with van der Waals surface area (Å²) in [5.41, 5.74) is 3.06. The van der Waals surface area contributed by atoms with Crippen molar-refractivity contribution < 1.29 is 9.26 Å². The first kappa shape index (κ1) is 15.9. The molecule has 4 aromatic heterocycles. The van der Waals surface area contributed by atoms with Crippen molar-refractivity contribution in [3.05, 3.63) is 35.3 Å². The molecule has 0 radical (unpaired) electrons. The molecule has 0 aliphatic heterocycles. The minimum absolute atomic E-state index is 0.298. The highest BCUT2D eigenvalue weighted by atomic mass is 16.5. The highest BCUT2D eigenvalue weighted by Crippen LogP contribution is 2.40. The van der Waals surface area contributed by atoms with Crippen LogP contribution in [0.4, 0.5) is 0 Å². The summed E-state index contributed by atoms with van der Waals surface area (Å²) in [4.78, 5) is 0. The summed E-state index contributed by atoms with van der Waals surface area (Å²) in [5.74, 6) is 2.23. The van der Waals surface area contributed by atoms with Gasteiger partial charge < -0.3 is 9.26 Å². The molecule has 0 saturated heterocycles. The van der Waals surface area contributed by atoms with Crippen LogP contribution in [0.25, 0.3) is 17.2 Å². The van der Waals surface area contributed by atoms with E-state index in [1.54, 1.807) is 15.3 Å². The molecule has 1 saturated carbocycles. The van der Waals surface area contributed by atoms with Gasteiger partial charge in [0.2, 0.25) is 11.7 Å². The van der Waals surface area contributed by atoms with E-state index in [0.29, 0.717) is 41.3 Å². The molecule has 4 heterocycles. The summed E-state index contributed by atoms with van der Waals surface area (Å²) in [6.07, 6.45) is 5.30. The molecule has 0 amide bonds. The third-order valence-electron chi connectivity index (χ3n) is 4.80. The first-order chi connectivity index (χ1) is 13.2. The third-order valence-corrected chi connectivity index (χ3v) is 4.80. The normalized spacial score (nSPS) is 14.6. The fourth-order valence-electron chi connectivity index (χ4n) is 3.19. The van der Waals surface area contributed by atoms with Crippen LogP contribution in [0.1, 0.15) is 42.2 Å². The van der Waals surface area contributed by atoms with Gasteiger partial charge in [-0.2, -0.15) is 4.52 Å². The Morgan fingerprint density at radius 3 is 2.78 bits per heavy atom. The van der Waals surface area contributed by atoms with Crippen LogP contribution in [0.2, 0.25) is 0 Å². The summed E-state index contributed by atoms with van der Waals surface area (Å²) in [7, 11) is 1.82. The molecule has 27 heavy (non-hydrogen) atoms. The number of aryl methyl sites for hydroxylation is 2. The van der Waals surface area contributed by atoms with Gasteiger partial charge in [0.05, 0.1) is 6.20 Å². The minimum atomic E-state index is 0.298. The number of fused-ring (bicyclic) bond motifs is 1. The molecule has 1 fully saturated rings. The van der Waals surface area contributed by atoms with Gasteiger partial charge in [-0.3, -0.25) is 4.68 Å². The van der Waals surface area contributed by atoms with Crippen molar-refractivity contribution in [1.82, 2.24) is 40.0 Å². The lowest BCUT2D eigenvalue weighted by molar-refractivity contribution is 0.272. The Bertz CT molecular complexity index is 1110. The Morgan fingerprint density at radius 2 is 2.11 bits per heavy atom. The monoisotopic (exact) mass is 366 g/mol. The van der Waals surface area contributed by atoms with E-state index >= 15 is 0 Å². The Hall–Kier alpha value is -3.30. The van der Waals surface area contributed by atoms with Gasteiger partial charge in [-0.1, -0.05) is 16.8 Å². The number of rotatable bonds is 5. The fourth-order valence-corrected chi connectivity index (χ4v) is 3.19. The van der Waals surface area contributed by atoms with Crippen LogP contribution in [-0.4, -0.2) is 40.0 Å². The zero-order valence-corrected chi connectivity index (χ0v) is 15.0. The first-order valence-electron chi connectivity index (χ1n) is 8.85. The second-order valence-corrected chi connectivity index (χ2v) is 6.82. The highest BCUT2D eigenvalue weighted by molar-refractivity contribution is 5.56. The van der Waals surface area contributed by atoms with Crippen LogP contribution in [0.5, 0.6) is 5.88 Å². The molecule has 0 aromatic carbocycles. The van der Waals surface area contributed by atoms with E-state index in [4.69, 9.17) is 9.26 Å². The number of hydrogen-bond donors (Lipinski definition) is 0. The third kappa shape index (κ3) is 2.82. The van der Waals surface area contributed by atoms with Gasteiger partial charge in [0.15, 0.2) is 11.3 Å². The Morgan fingerprint density at radius 1 is 1.22 bits per heavy atom. The summed E-state index contributed by atoms with van der Waals surface area (Å²) < 4.78 is 14.5. The minimum Gasteiger partial charge on any atom is -0.470 e. The molecule has 0 atom stereocenters.